The zero-order valence-electron chi connectivity index (χ0n) is 11.8. The Morgan fingerprint density at radius 3 is 2.61 bits per heavy atom. The third kappa shape index (κ3) is 2.95. The van der Waals surface area contributed by atoms with Crippen molar-refractivity contribution < 1.29 is 13.2 Å². The summed E-state index contributed by atoms with van der Waals surface area (Å²) in [7, 11) is -3.77. The number of nitrogens with two attached hydrogens (primary N) is 1. The van der Waals surface area contributed by atoms with Gasteiger partial charge in [0.05, 0.1) is 20.5 Å². The normalized spacial score (nSPS) is 14.0. The van der Waals surface area contributed by atoms with Crippen LogP contribution < -0.4 is 10.0 Å². The molecule has 5 nitrogen and oxygen atoms in total. The fourth-order valence-corrected chi connectivity index (χ4v) is 3.53. The first-order valence-electron chi connectivity index (χ1n) is 6.70. The highest BCUT2D eigenvalue weighted by Crippen LogP contribution is 2.33. The molecule has 0 saturated carbocycles. The van der Waals surface area contributed by atoms with Crippen LogP contribution in [0.4, 0.5) is 5.69 Å². The van der Waals surface area contributed by atoms with Gasteiger partial charge in [-0.05, 0) is 42.3 Å². The van der Waals surface area contributed by atoms with Gasteiger partial charge < -0.3 is 4.90 Å². The van der Waals surface area contributed by atoms with Crippen LogP contribution in [0.3, 0.4) is 0 Å². The molecule has 23 heavy (non-hydrogen) atoms. The number of carbonyl (C=O) groups is 1. The number of hydrogen-bond donors (Lipinski definition) is 1. The lowest BCUT2D eigenvalue weighted by molar-refractivity contribution is 0.0989. The third-order valence-corrected chi connectivity index (χ3v) is 5.43. The molecule has 0 aliphatic carbocycles. The molecule has 0 bridgehead atoms. The summed E-state index contributed by atoms with van der Waals surface area (Å²) in [5.41, 5.74) is 1.71. The summed E-state index contributed by atoms with van der Waals surface area (Å²) in [5, 5.41) is 5.64. The van der Waals surface area contributed by atoms with Crippen LogP contribution in [0, 0.1) is 0 Å². The number of halogens is 2. The van der Waals surface area contributed by atoms with E-state index in [1.165, 1.54) is 12.1 Å². The number of carbonyl (C=O) groups excluding carboxylic acids is 1. The van der Waals surface area contributed by atoms with Gasteiger partial charge in [0.2, 0.25) is 10.0 Å². The van der Waals surface area contributed by atoms with E-state index >= 15 is 0 Å². The largest absolute Gasteiger partial charge is 0.308 e. The van der Waals surface area contributed by atoms with E-state index in [0.29, 0.717) is 29.2 Å². The zero-order valence-corrected chi connectivity index (χ0v) is 14.1. The molecule has 1 aliphatic heterocycles. The highest BCUT2D eigenvalue weighted by atomic mass is 35.5. The van der Waals surface area contributed by atoms with E-state index in [-0.39, 0.29) is 15.8 Å². The lowest BCUT2D eigenvalue weighted by Crippen LogP contribution is -2.29. The molecule has 0 atom stereocenters. The summed E-state index contributed by atoms with van der Waals surface area (Å²) in [4.78, 5) is 14.3. The first-order valence-corrected chi connectivity index (χ1v) is 9.01. The summed E-state index contributed by atoms with van der Waals surface area (Å²) >= 11 is 12.1. The van der Waals surface area contributed by atoms with Gasteiger partial charge in [-0.15, -0.1) is 0 Å². The lowest BCUT2D eigenvalue weighted by atomic mass is 10.1. The molecule has 0 spiro atoms. The number of fused-ring (bicyclic) bond motifs is 1. The van der Waals surface area contributed by atoms with E-state index in [4.69, 9.17) is 28.3 Å². The first kappa shape index (κ1) is 16.3. The van der Waals surface area contributed by atoms with Gasteiger partial charge in [0.1, 0.15) is 0 Å². The average molecular weight is 371 g/mol. The summed E-state index contributed by atoms with van der Waals surface area (Å²) in [6.45, 7) is 0.436. The molecule has 2 N–H and O–H groups in total. The van der Waals surface area contributed by atoms with Crippen molar-refractivity contribution in [3.63, 3.8) is 0 Å². The molecule has 2 aromatic carbocycles. The predicted molar refractivity (Wildman–Crippen MR) is 89.7 cm³/mol. The molecule has 1 heterocycles. The minimum atomic E-state index is -3.77. The van der Waals surface area contributed by atoms with E-state index in [0.717, 1.165) is 5.56 Å². The number of anilines is 1. The van der Waals surface area contributed by atoms with E-state index < -0.39 is 10.0 Å². The monoisotopic (exact) mass is 370 g/mol. The second-order valence-corrected chi connectivity index (χ2v) is 7.49. The highest BCUT2D eigenvalue weighted by molar-refractivity contribution is 7.89. The van der Waals surface area contributed by atoms with Crippen molar-refractivity contribution in [2.75, 3.05) is 11.4 Å². The molecule has 0 saturated heterocycles. The van der Waals surface area contributed by atoms with Gasteiger partial charge in [0.15, 0.2) is 0 Å². The molecule has 0 radical (unpaired) electrons. The van der Waals surface area contributed by atoms with Gasteiger partial charge in [-0.2, -0.15) is 0 Å². The highest BCUT2D eigenvalue weighted by Gasteiger charge is 2.28. The molecule has 0 aromatic heterocycles. The molecule has 0 fully saturated rings. The summed E-state index contributed by atoms with van der Waals surface area (Å²) in [6.07, 6.45) is 0.544. The van der Waals surface area contributed by atoms with E-state index in [2.05, 4.69) is 0 Å². The summed E-state index contributed by atoms with van der Waals surface area (Å²) in [6, 6.07) is 9.34. The van der Waals surface area contributed by atoms with Crippen LogP contribution in [-0.2, 0) is 16.4 Å². The van der Waals surface area contributed by atoms with E-state index in [1.807, 2.05) is 0 Å². The quantitative estimate of drug-likeness (QED) is 0.882. The minimum Gasteiger partial charge on any atom is -0.308 e. The molecular weight excluding hydrogens is 359 g/mol. The molecule has 120 valence electrons. The number of benzene rings is 2. The summed E-state index contributed by atoms with van der Waals surface area (Å²) in [5.74, 6) is -0.278. The van der Waals surface area contributed by atoms with Crippen LogP contribution >= 0.6 is 23.2 Å². The Kier molecular flexibility index (Phi) is 4.10. The van der Waals surface area contributed by atoms with Gasteiger partial charge in [-0.3, -0.25) is 4.79 Å². The first-order chi connectivity index (χ1) is 10.8. The SMILES string of the molecule is NS(=O)(=O)c1ccc2c(c1)CCN2C(=O)c1cccc(Cl)c1Cl. The Labute approximate surface area is 143 Å². The van der Waals surface area contributed by atoms with Gasteiger partial charge in [0, 0.05) is 12.2 Å². The molecule has 2 aromatic rings. The Morgan fingerprint density at radius 1 is 1.17 bits per heavy atom. The number of sulfonamides is 1. The fraction of sp³-hybridized carbons (Fsp3) is 0.133. The fourth-order valence-electron chi connectivity index (χ4n) is 2.58. The van der Waals surface area contributed by atoms with Crippen LogP contribution in [0.1, 0.15) is 15.9 Å². The Balaban J connectivity index is 2.00. The zero-order chi connectivity index (χ0) is 16.8. The second-order valence-electron chi connectivity index (χ2n) is 5.14. The smallest absolute Gasteiger partial charge is 0.259 e. The van der Waals surface area contributed by atoms with Gasteiger partial charge in [-0.25, -0.2) is 13.6 Å². The topological polar surface area (TPSA) is 80.5 Å². The number of primary sulfonamides is 1. The van der Waals surface area contributed by atoms with Crippen molar-refractivity contribution >= 4 is 44.8 Å². The molecule has 0 unspecified atom stereocenters. The van der Waals surface area contributed by atoms with Crippen LogP contribution in [-0.4, -0.2) is 20.9 Å². The van der Waals surface area contributed by atoms with Gasteiger partial charge in [-0.1, -0.05) is 29.3 Å². The molecular formula is C15H12Cl2N2O3S. The predicted octanol–water partition coefficient (Wildman–Crippen LogP) is 2.84. The van der Waals surface area contributed by atoms with Crippen molar-refractivity contribution in [3.05, 3.63) is 57.6 Å². The Hall–Kier alpha value is -1.60. The Morgan fingerprint density at radius 2 is 1.91 bits per heavy atom. The van der Waals surface area contributed by atoms with E-state index in [1.54, 1.807) is 29.2 Å². The maximum Gasteiger partial charge on any atom is 0.259 e. The van der Waals surface area contributed by atoms with Gasteiger partial charge in [0.25, 0.3) is 5.91 Å². The number of rotatable bonds is 2. The molecule has 8 heteroatoms. The Bertz CT molecular complexity index is 913. The van der Waals surface area contributed by atoms with Crippen LogP contribution in [0.5, 0.6) is 0 Å². The summed E-state index contributed by atoms with van der Waals surface area (Å²) < 4.78 is 22.8. The second kappa shape index (κ2) is 5.79. The maximum absolute atomic E-state index is 12.7. The number of nitrogens with zero attached hydrogens (tertiary/aromatic N) is 1. The average Bonchev–Trinajstić information content (AvgIpc) is 2.91. The van der Waals surface area contributed by atoms with Gasteiger partial charge >= 0.3 is 0 Å². The van der Waals surface area contributed by atoms with Crippen molar-refractivity contribution in [2.24, 2.45) is 5.14 Å². The van der Waals surface area contributed by atoms with Crippen LogP contribution in [0.25, 0.3) is 0 Å². The number of amides is 1. The van der Waals surface area contributed by atoms with Crippen molar-refractivity contribution in [1.29, 1.82) is 0 Å². The van der Waals surface area contributed by atoms with Crippen LogP contribution in [0.2, 0.25) is 10.0 Å². The molecule has 3 rings (SSSR count). The molecule has 1 aliphatic rings. The molecule has 1 amide bonds. The van der Waals surface area contributed by atoms with Crippen molar-refractivity contribution in [1.82, 2.24) is 0 Å². The number of hydrogen-bond acceptors (Lipinski definition) is 3. The van der Waals surface area contributed by atoms with Crippen molar-refractivity contribution in [3.8, 4) is 0 Å². The minimum absolute atomic E-state index is 0.0336. The van der Waals surface area contributed by atoms with Crippen molar-refractivity contribution in [2.45, 2.75) is 11.3 Å². The van der Waals surface area contributed by atoms with Crippen LogP contribution in [0.15, 0.2) is 41.3 Å². The third-order valence-electron chi connectivity index (χ3n) is 3.70. The standard InChI is InChI=1S/C15H12Cl2N2O3S/c16-12-3-1-2-11(14(12)17)15(20)19-7-6-9-8-10(23(18,21)22)4-5-13(9)19/h1-5,8H,6-7H2,(H2,18,21,22). The van der Waals surface area contributed by atoms with E-state index in [9.17, 15) is 13.2 Å². The lowest BCUT2D eigenvalue weighted by Gasteiger charge is -2.18. The maximum atomic E-state index is 12.7.